The molecule has 1 aliphatic heterocycles. The summed E-state index contributed by atoms with van der Waals surface area (Å²) in [7, 11) is 0. The summed E-state index contributed by atoms with van der Waals surface area (Å²) in [6, 6.07) is 8.72. The molecular formula is C13H17NO. The zero-order valence-electron chi connectivity index (χ0n) is 9.36. The predicted octanol–water partition coefficient (Wildman–Crippen LogP) is 2.92. The van der Waals surface area contributed by atoms with Crippen LogP contribution >= 0.6 is 0 Å². The average molecular weight is 203 g/mol. The van der Waals surface area contributed by atoms with E-state index >= 15 is 0 Å². The Morgan fingerprint density at radius 1 is 1.33 bits per heavy atom. The maximum atomic E-state index is 5.43. The molecule has 2 rings (SSSR count). The smallest absolute Gasteiger partial charge is 0.183 e. The third-order valence-electron chi connectivity index (χ3n) is 2.77. The number of nitrogens with zero attached hydrogens (tertiary/aromatic N) is 1. The predicted molar refractivity (Wildman–Crippen MR) is 62.5 cm³/mol. The molecule has 1 heterocycles. The van der Waals surface area contributed by atoms with Crippen molar-refractivity contribution in [3.8, 4) is 0 Å². The quantitative estimate of drug-likeness (QED) is 0.724. The zero-order valence-corrected chi connectivity index (χ0v) is 9.36. The number of hydrogen-bond acceptors (Lipinski definition) is 2. The van der Waals surface area contributed by atoms with Gasteiger partial charge in [-0.05, 0) is 19.4 Å². The van der Waals surface area contributed by atoms with Gasteiger partial charge in [0.25, 0.3) is 0 Å². The molecule has 1 aromatic rings. The Labute approximate surface area is 91.0 Å². The van der Waals surface area contributed by atoms with E-state index < -0.39 is 0 Å². The highest BCUT2D eigenvalue weighted by Crippen LogP contribution is 2.26. The first-order valence-electron chi connectivity index (χ1n) is 5.52. The van der Waals surface area contributed by atoms with Crippen molar-refractivity contribution in [3.63, 3.8) is 0 Å². The van der Waals surface area contributed by atoms with Gasteiger partial charge in [-0.3, -0.25) is 4.99 Å². The lowest BCUT2D eigenvalue weighted by molar-refractivity contribution is 0.320. The van der Waals surface area contributed by atoms with Crippen molar-refractivity contribution in [2.24, 2.45) is 4.99 Å². The Bertz CT molecular complexity index is 353. The second-order valence-electron chi connectivity index (χ2n) is 3.98. The molecule has 0 aliphatic carbocycles. The van der Waals surface area contributed by atoms with Crippen LogP contribution in [0.4, 0.5) is 0 Å². The Morgan fingerprint density at radius 2 is 2.07 bits per heavy atom. The van der Waals surface area contributed by atoms with Gasteiger partial charge in [0.1, 0.15) is 0 Å². The van der Waals surface area contributed by atoms with Gasteiger partial charge < -0.3 is 4.74 Å². The molecule has 0 bridgehead atoms. The van der Waals surface area contributed by atoms with Crippen molar-refractivity contribution in [2.75, 3.05) is 13.2 Å². The van der Waals surface area contributed by atoms with Crippen molar-refractivity contribution in [2.45, 2.75) is 26.2 Å². The van der Waals surface area contributed by atoms with Crippen LogP contribution in [0.3, 0.4) is 0 Å². The number of rotatable bonds is 2. The van der Waals surface area contributed by atoms with Gasteiger partial charge in [0.05, 0.1) is 6.61 Å². The summed E-state index contributed by atoms with van der Waals surface area (Å²) in [5.74, 6) is 1.44. The largest absolute Gasteiger partial charge is 0.481 e. The van der Waals surface area contributed by atoms with Gasteiger partial charge in [-0.25, -0.2) is 0 Å². The Hall–Kier alpha value is -1.31. The van der Waals surface area contributed by atoms with Crippen molar-refractivity contribution in [3.05, 3.63) is 35.4 Å². The highest BCUT2D eigenvalue weighted by atomic mass is 16.5. The molecule has 1 unspecified atom stereocenters. The molecule has 2 nitrogen and oxygen atoms in total. The van der Waals surface area contributed by atoms with Crippen LogP contribution in [-0.4, -0.2) is 19.0 Å². The molecule has 15 heavy (non-hydrogen) atoms. The van der Waals surface area contributed by atoms with E-state index in [1.54, 1.807) is 0 Å². The molecule has 1 atom stereocenters. The molecule has 0 fully saturated rings. The number of aliphatic imine (C=N–C) groups is 1. The van der Waals surface area contributed by atoms with Gasteiger partial charge in [0.2, 0.25) is 0 Å². The minimum Gasteiger partial charge on any atom is -0.481 e. The summed E-state index contributed by atoms with van der Waals surface area (Å²) >= 11 is 0. The molecule has 0 saturated carbocycles. The summed E-state index contributed by atoms with van der Waals surface area (Å²) in [4.78, 5) is 4.40. The van der Waals surface area contributed by atoms with E-state index in [1.807, 2.05) is 6.92 Å². The van der Waals surface area contributed by atoms with Crippen molar-refractivity contribution >= 4 is 5.90 Å². The van der Waals surface area contributed by atoms with Gasteiger partial charge in [0, 0.05) is 18.9 Å². The first-order valence-corrected chi connectivity index (χ1v) is 5.52. The molecule has 0 amide bonds. The van der Waals surface area contributed by atoms with E-state index in [1.165, 1.54) is 11.1 Å². The van der Waals surface area contributed by atoms with Crippen LogP contribution in [0.5, 0.6) is 0 Å². The Morgan fingerprint density at radius 3 is 2.73 bits per heavy atom. The monoisotopic (exact) mass is 203 g/mol. The number of benzene rings is 1. The van der Waals surface area contributed by atoms with Crippen molar-refractivity contribution in [1.82, 2.24) is 0 Å². The molecule has 0 aromatic heterocycles. The maximum absolute atomic E-state index is 5.43. The normalized spacial score (nSPS) is 20.1. The van der Waals surface area contributed by atoms with Gasteiger partial charge >= 0.3 is 0 Å². The van der Waals surface area contributed by atoms with Crippen LogP contribution in [0.25, 0.3) is 0 Å². The van der Waals surface area contributed by atoms with E-state index in [0.29, 0.717) is 5.92 Å². The highest BCUT2D eigenvalue weighted by Gasteiger charge is 2.20. The standard InChI is InChI=1S/C13H17NO/c1-3-15-13-8-12(9-14-13)11-6-4-10(2)5-7-11/h4-7,12H,3,8-9H2,1-2H3. The van der Waals surface area contributed by atoms with E-state index in [-0.39, 0.29) is 0 Å². The Balaban J connectivity index is 2.01. The molecular weight excluding hydrogens is 186 g/mol. The van der Waals surface area contributed by atoms with E-state index in [0.717, 1.165) is 25.5 Å². The van der Waals surface area contributed by atoms with Gasteiger partial charge in [-0.15, -0.1) is 0 Å². The van der Waals surface area contributed by atoms with E-state index in [9.17, 15) is 0 Å². The summed E-state index contributed by atoms with van der Waals surface area (Å²) in [5, 5.41) is 0. The molecule has 80 valence electrons. The molecule has 1 aromatic carbocycles. The lowest BCUT2D eigenvalue weighted by Crippen LogP contribution is -2.04. The molecule has 1 aliphatic rings. The van der Waals surface area contributed by atoms with Crippen LogP contribution in [-0.2, 0) is 4.74 Å². The lowest BCUT2D eigenvalue weighted by Gasteiger charge is -2.09. The van der Waals surface area contributed by atoms with E-state index in [4.69, 9.17) is 4.74 Å². The van der Waals surface area contributed by atoms with E-state index in [2.05, 4.69) is 36.2 Å². The third-order valence-corrected chi connectivity index (χ3v) is 2.77. The second-order valence-corrected chi connectivity index (χ2v) is 3.98. The fourth-order valence-electron chi connectivity index (χ4n) is 1.88. The summed E-state index contributed by atoms with van der Waals surface area (Å²) in [6.07, 6.45) is 0.955. The minimum absolute atomic E-state index is 0.521. The number of ether oxygens (including phenoxy) is 1. The molecule has 0 radical (unpaired) electrons. The Kier molecular flexibility index (Phi) is 3.05. The lowest BCUT2D eigenvalue weighted by atomic mass is 9.97. The van der Waals surface area contributed by atoms with Crippen molar-refractivity contribution in [1.29, 1.82) is 0 Å². The summed E-state index contributed by atoms with van der Waals surface area (Å²) < 4.78 is 5.43. The van der Waals surface area contributed by atoms with Gasteiger partial charge in [0.15, 0.2) is 5.90 Å². The zero-order chi connectivity index (χ0) is 10.7. The molecule has 0 saturated heterocycles. The highest BCUT2D eigenvalue weighted by molar-refractivity contribution is 5.79. The average Bonchev–Trinajstić information content (AvgIpc) is 2.68. The third kappa shape index (κ3) is 2.38. The second kappa shape index (κ2) is 4.47. The van der Waals surface area contributed by atoms with Crippen LogP contribution in [0.15, 0.2) is 29.3 Å². The van der Waals surface area contributed by atoms with Crippen LogP contribution in [0.2, 0.25) is 0 Å². The number of hydrogen-bond donors (Lipinski definition) is 0. The first kappa shape index (κ1) is 10.2. The molecule has 2 heteroatoms. The fraction of sp³-hybridized carbons (Fsp3) is 0.462. The number of aryl methyl sites for hydroxylation is 1. The van der Waals surface area contributed by atoms with Crippen LogP contribution in [0, 0.1) is 6.92 Å². The SMILES string of the molecule is CCOC1=NCC(c2ccc(C)cc2)C1. The summed E-state index contributed by atoms with van der Waals surface area (Å²) in [5.41, 5.74) is 2.68. The topological polar surface area (TPSA) is 21.6 Å². The minimum atomic E-state index is 0.521. The molecule has 0 N–H and O–H groups in total. The maximum Gasteiger partial charge on any atom is 0.183 e. The van der Waals surface area contributed by atoms with Gasteiger partial charge in [-0.2, -0.15) is 0 Å². The van der Waals surface area contributed by atoms with Crippen LogP contribution < -0.4 is 0 Å². The summed E-state index contributed by atoms with van der Waals surface area (Å²) in [6.45, 7) is 5.71. The van der Waals surface area contributed by atoms with Gasteiger partial charge in [-0.1, -0.05) is 29.8 Å². The van der Waals surface area contributed by atoms with Crippen LogP contribution in [0.1, 0.15) is 30.4 Å². The fourth-order valence-corrected chi connectivity index (χ4v) is 1.88. The molecule has 0 spiro atoms. The van der Waals surface area contributed by atoms with Crippen molar-refractivity contribution < 1.29 is 4.74 Å². The first-order chi connectivity index (χ1) is 7.29.